The third-order valence-electron chi connectivity index (χ3n) is 3.86. The van der Waals surface area contributed by atoms with Gasteiger partial charge in [-0.2, -0.15) is 12.6 Å². The van der Waals surface area contributed by atoms with Gasteiger partial charge in [0, 0.05) is 30.8 Å². The predicted molar refractivity (Wildman–Crippen MR) is 86.8 cm³/mol. The number of benzene rings is 1. The Balaban J connectivity index is 1.92. The first kappa shape index (κ1) is 15.4. The molecule has 0 atom stereocenters. The lowest BCUT2D eigenvalue weighted by molar-refractivity contribution is 0.0105. The van der Waals surface area contributed by atoms with Crippen molar-refractivity contribution in [1.29, 1.82) is 0 Å². The normalized spacial score (nSPS) is 18.7. The molecule has 1 fully saturated rings. The maximum atomic E-state index is 5.48. The van der Waals surface area contributed by atoms with E-state index in [2.05, 4.69) is 64.8 Å². The molecular weight excluding hydrogens is 322 g/mol. The largest absolute Gasteiger partial charge is 0.381 e. The highest BCUT2D eigenvalue weighted by Gasteiger charge is 2.32. The van der Waals surface area contributed by atoms with Gasteiger partial charge in [0.05, 0.1) is 0 Å². The van der Waals surface area contributed by atoms with E-state index >= 15 is 0 Å². The van der Waals surface area contributed by atoms with E-state index in [1.807, 2.05) is 0 Å². The van der Waals surface area contributed by atoms with Crippen molar-refractivity contribution in [2.45, 2.75) is 19.4 Å². The third-order valence-corrected chi connectivity index (χ3v) is 5.06. The Morgan fingerprint density at radius 1 is 1.26 bits per heavy atom. The van der Waals surface area contributed by atoms with Crippen LogP contribution in [0.1, 0.15) is 18.4 Å². The highest BCUT2D eigenvalue weighted by molar-refractivity contribution is 9.10. The van der Waals surface area contributed by atoms with Crippen molar-refractivity contribution in [3.63, 3.8) is 0 Å². The minimum Gasteiger partial charge on any atom is -0.381 e. The topological polar surface area (TPSA) is 12.5 Å². The zero-order valence-corrected chi connectivity index (χ0v) is 13.9. The van der Waals surface area contributed by atoms with Crippen molar-refractivity contribution in [2.75, 3.05) is 32.6 Å². The maximum Gasteiger partial charge on any atom is 0.0472 e. The molecule has 1 aliphatic heterocycles. The van der Waals surface area contributed by atoms with Gasteiger partial charge in [-0.15, -0.1) is 0 Å². The molecule has 0 saturated carbocycles. The van der Waals surface area contributed by atoms with Crippen LogP contribution in [0.15, 0.2) is 28.7 Å². The first-order valence-corrected chi connectivity index (χ1v) is 8.18. The molecule has 0 spiro atoms. The highest BCUT2D eigenvalue weighted by atomic mass is 79.9. The second kappa shape index (κ2) is 7.11. The Labute approximate surface area is 130 Å². The number of hydrogen-bond donors (Lipinski definition) is 1. The zero-order chi connectivity index (χ0) is 13.7. The molecule has 0 bridgehead atoms. The van der Waals surface area contributed by atoms with Crippen molar-refractivity contribution in [3.05, 3.63) is 34.3 Å². The van der Waals surface area contributed by atoms with Gasteiger partial charge in [0.1, 0.15) is 0 Å². The average Bonchev–Trinajstić information content (AvgIpc) is 2.42. The van der Waals surface area contributed by atoms with E-state index in [0.29, 0.717) is 5.41 Å². The Bertz CT molecular complexity index is 390. The summed E-state index contributed by atoms with van der Waals surface area (Å²) in [4.78, 5) is 2.41. The van der Waals surface area contributed by atoms with E-state index in [1.54, 1.807) is 0 Å². The summed E-state index contributed by atoms with van der Waals surface area (Å²) in [5, 5.41) is 0. The zero-order valence-electron chi connectivity index (χ0n) is 11.4. The Hall–Kier alpha value is -0.0300. The molecule has 1 aromatic carbocycles. The van der Waals surface area contributed by atoms with E-state index in [4.69, 9.17) is 4.74 Å². The SMILES string of the molecule is CN(Cc1ccc(Br)cc1)CC1(CS)CCOCC1. The fourth-order valence-electron chi connectivity index (χ4n) is 2.70. The van der Waals surface area contributed by atoms with Crippen LogP contribution in [0, 0.1) is 5.41 Å². The minimum absolute atomic E-state index is 0.325. The number of rotatable bonds is 5. The van der Waals surface area contributed by atoms with E-state index in [1.165, 1.54) is 5.56 Å². The van der Waals surface area contributed by atoms with Crippen molar-refractivity contribution in [3.8, 4) is 0 Å². The molecule has 1 saturated heterocycles. The van der Waals surface area contributed by atoms with Gasteiger partial charge in [0.15, 0.2) is 0 Å². The molecule has 1 aromatic rings. The standard InChI is InChI=1S/C15H22BrNOS/c1-17(10-13-2-4-14(16)5-3-13)11-15(12-19)6-8-18-9-7-15/h2-5,19H,6-12H2,1H3. The van der Waals surface area contributed by atoms with Gasteiger partial charge in [-0.05, 0) is 48.8 Å². The van der Waals surface area contributed by atoms with Gasteiger partial charge in [0.2, 0.25) is 0 Å². The molecule has 0 amide bonds. The summed E-state index contributed by atoms with van der Waals surface area (Å²) in [6.45, 7) is 3.85. The van der Waals surface area contributed by atoms with Gasteiger partial charge in [-0.25, -0.2) is 0 Å². The van der Waals surface area contributed by atoms with Crippen LogP contribution >= 0.6 is 28.6 Å². The average molecular weight is 344 g/mol. The fraction of sp³-hybridized carbons (Fsp3) is 0.600. The first-order chi connectivity index (χ1) is 9.13. The van der Waals surface area contributed by atoms with Gasteiger partial charge >= 0.3 is 0 Å². The molecule has 2 nitrogen and oxygen atoms in total. The van der Waals surface area contributed by atoms with Crippen LogP contribution in [0.3, 0.4) is 0 Å². The predicted octanol–water partition coefficient (Wildman–Crippen LogP) is 3.61. The van der Waals surface area contributed by atoms with Crippen LogP contribution < -0.4 is 0 Å². The van der Waals surface area contributed by atoms with Crippen LogP contribution in [0.25, 0.3) is 0 Å². The summed E-state index contributed by atoms with van der Waals surface area (Å²) in [5.74, 6) is 0.945. The highest BCUT2D eigenvalue weighted by Crippen LogP contribution is 2.32. The van der Waals surface area contributed by atoms with Crippen LogP contribution in [-0.2, 0) is 11.3 Å². The van der Waals surface area contributed by atoms with Crippen molar-refractivity contribution in [1.82, 2.24) is 4.90 Å². The summed E-state index contributed by atoms with van der Waals surface area (Å²) in [6.07, 6.45) is 2.25. The number of halogens is 1. The number of thiol groups is 1. The summed E-state index contributed by atoms with van der Waals surface area (Å²) in [7, 11) is 2.20. The van der Waals surface area contributed by atoms with Crippen LogP contribution in [-0.4, -0.2) is 37.5 Å². The van der Waals surface area contributed by atoms with Crippen molar-refractivity contribution >= 4 is 28.6 Å². The second-order valence-corrected chi connectivity index (χ2v) is 6.80. The molecular formula is C15H22BrNOS. The first-order valence-electron chi connectivity index (χ1n) is 6.75. The Morgan fingerprint density at radius 3 is 2.47 bits per heavy atom. The molecule has 19 heavy (non-hydrogen) atoms. The summed E-state index contributed by atoms with van der Waals surface area (Å²) < 4.78 is 6.62. The van der Waals surface area contributed by atoms with Crippen molar-refractivity contribution < 1.29 is 4.74 Å². The molecule has 1 aliphatic rings. The van der Waals surface area contributed by atoms with Crippen LogP contribution in [0.4, 0.5) is 0 Å². The molecule has 4 heteroatoms. The van der Waals surface area contributed by atoms with Crippen LogP contribution in [0.2, 0.25) is 0 Å². The number of ether oxygens (including phenoxy) is 1. The lowest BCUT2D eigenvalue weighted by Gasteiger charge is -2.39. The van der Waals surface area contributed by atoms with Crippen LogP contribution in [0.5, 0.6) is 0 Å². The molecule has 0 aromatic heterocycles. The molecule has 0 unspecified atom stereocenters. The van der Waals surface area contributed by atoms with Gasteiger partial charge in [-0.1, -0.05) is 28.1 Å². The third kappa shape index (κ3) is 4.48. The molecule has 0 radical (unpaired) electrons. The molecule has 0 aliphatic carbocycles. The van der Waals surface area contributed by atoms with E-state index in [0.717, 1.165) is 49.4 Å². The maximum absolute atomic E-state index is 5.48. The van der Waals surface area contributed by atoms with E-state index in [-0.39, 0.29) is 0 Å². The minimum atomic E-state index is 0.325. The van der Waals surface area contributed by atoms with E-state index < -0.39 is 0 Å². The van der Waals surface area contributed by atoms with Gasteiger partial charge < -0.3 is 9.64 Å². The van der Waals surface area contributed by atoms with Crippen molar-refractivity contribution in [2.24, 2.45) is 5.41 Å². The molecule has 2 rings (SSSR count). The summed E-state index contributed by atoms with van der Waals surface area (Å²) in [6, 6.07) is 8.56. The monoisotopic (exact) mass is 343 g/mol. The Morgan fingerprint density at radius 2 is 1.89 bits per heavy atom. The Kier molecular flexibility index (Phi) is 5.75. The molecule has 106 valence electrons. The number of nitrogens with zero attached hydrogens (tertiary/aromatic N) is 1. The lowest BCUT2D eigenvalue weighted by atomic mass is 9.81. The van der Waals surface area contributed by atoms with Gasteiger partial charge in [-0.3, -0.25) is 0 Å². The summed E-state index contributed by atoms with van der Waals surface area (Å²) in [5.41, 5.74) is 1.68. The second-order valence-electron chi connectivity index (χ2n) is 5.57. The summed E-state index contributed by atoms with van der Waals surface area (Å²) >= 11 is 8.05. The fourth-order valence-corrected chi connectivity index (χ4v) is 3.38. The smallest absolute Gasteiger partial charge is 0.0472 e. The quantitative estimate of drug-likeness (QED) is 0.820. The van der Waals surface area contributed by atoms with E-state index in [9.17, 15) is 0 Å². The lowest BCUT2D eigenvalue weighted by Crippen LogP contribution is -2.41. The number of hydrogen-bond acceptors (Lipinski definition) is 3. The molecule has 1 heterocycles. The van der Waals surface area contributed by atoms with Gasteiger partial charge in [0.25, 0.3) is 0 Å². The molecule has 0 N–H and O–H groups in total.